The van der Waals surface area contributed by atoms with E-state index < -0.39 is 28.4 Å². The van der Waals surface area contributed by atoms with Gasteiger partial charge in [0.1, 0.15) is 11.5 Å². The number of methoxy groups -OCH3 is 2. The van der Waals surface area contributed by atoms with Crippen LogP contribution in [0, 0.1) is 44.5 Å². The summed E-state index contributed by atoms with van der Waals surface area (Å²) < 4.78 is 28.2. The van der Waals surface area contributed by atoms with Crippen LogP contribution in [0.3, 0.4) is 0 Å². The Bertz CT molecular complexity index is 881. The predicted octanol–water partition coefficient (Wildman–Crippen LogP) is -0.731. The lowest BCUT2D eigenvalue weighted by Gasteiger charge is -2.49. The fraction of sp³-hybridized carbons (Fsp3) is 0.294. The van der Waals surface area contributed by atoms with Gasteiger partial charge in [-0.2, -0.15) is 0 Å². The Morgan fingerprint density at radius 1 is 0.903 bits per heavy atom. The zero-order valence-electron chi connectivity index (χ0n) is 17.3. The lowest BCUT2D eigenvalue weighted by atomic mass is 10.0. The summed E-state index contributed by atoms with van der Waals surface area (Å²) in [5.74, 6) is 1.50. The SMILES string of the molecule is C#CO[Si](OC#C)[Si](CCc1c(OC)ccc(OC)c1C)([Si]([Si])([Si])[Si])[Si]([Si])([Si])OC#C. The summed E-state index contributed by atoms with van der Waals surface area (Å²) >= 11 is 0. The molecule has 0 spiro atoms. The molecule has 0 saturated heterocycles. The number of ether oxygens (including phenoxy) is 2. The molecule has 0 bridgehead atoms. The molecule has 0 aliphatic heterocycles. The van der Waals surface area contributed by atoms with Crippen LogP contribution in [0.5, 0.6) is 11.5 Å². The van der Waals surface area contributed by atoms with E-state index in [1.807, 2.05) is 19.1 Å². The Morgan fingerprint density at radius 3 is 1.84 bits per heavy atom. The fourth-order valence-electron chi connectivity index (χ4n) is 3.25. The van der Waals surface area contributed by atoms with E-state index in [0.29, 0.717) is 12.5 Å². The van der Waals surface area contributed by atoms with Gasteiger partial charge in [-0.3, -0.25) is 0 Å². The van der Waals surface area contributed by atoms with Crippen LogP contribution in [0.4, 0.5) is 0 Å². The maximum absolute atomic E-state index is 5.78. The molecule has 1 rings (SSSR count). The third-order valence-corrected chi connectivity index (χ3v) is 81.8. The molecule has 152 valence electrons. The topological polar surface area (TPSA) is 46.2 Å². The van der Waals surface area contributed by atoms with E-state index in [2.05, 4.69) is 67.1 Å². The van der Waals surface area contributed by atoms with Crippen LogP contribution in [0.2, 0.25) is 6.04 Å². The number of terminal acetylenes is 3. The van der Waals surface area contributed by atoms with E-state index in [1.165, 1.54) is 0 Å². The van der Waals surface area contributed by atoms with Gasteiger partial charge in [0.25, 0.3) is 0 Å². The molecule has 1 atom stereocenters. The average molecular weight is 555 g/mol. The molecule has 0 amide bonds. The van der Waals surface area contributed by atoms with Crippen LogP contribution in [0.25, 0.3) is 0 Å². The third-order valence-electron chi connectivity index (χ3n) is 4.80. The zero-order chi connectivity index (χ0) is 23.9. The monoisotopic (exact) mass is 554 g/mol. The van der Waals surface area contributed by atoms with Crippen LogP contribution < -0.4 is 9.47 Å². The van der Waals surface area contributed by atoms with E-state index in [-0.39, 0.29) is 0 Å². The second-order valence-corrected chi connectivity index (χ2v) is 55.0. The summed E-state index contributed by atoms with van der Waals surface area (Å²) in [5.41, 5.74) is 1.94. The first-order valence-electron chi connectivity index (χ1n) is 8.68. The molecule has 31 heavy (non-hydrogen) atoms. The number of benzene rings is 1. The van der Waals surface area contributed by atoms with Crippen molar-refractivity contribution >= 4 is 77.2 Å². The third kappa shape index (κ3) is 5.81. The van der Waals surface area contributed by atoms with Gasteiger partial charge in [-0.05, 0) is 31.0 Å². The van der Waals surface area contributed by atoms with Crippen molar-refractivity contribution in [3.8, 4) is 49.1 Å². The van der Waals surface area contributed by atoms with Gasteiger partial charge in [-0.25, -0.2) is 0 Å². The Balaban J connectivity index is 3.72. The van der Waals surface area contributed by atoms with Gasteiger partial charge in [0.15, 0.2) is 6.63 Å². The van der Waals surface area contributed by atoms with Crippen LogP contribution in [-0.4, -0.2) is 91.5 Å². The molecule has 14 heteroatoms. The van der Waals surface area contributed by atoms with Crippen LogP contribution in [0.15, 0.2) is 12.1 Å². The van der Waals surface area contributed by atoms with E-state index >= 15 is 0 Å². The summed E-state index contributed by atoms with van der Waals surface area (Å²) in [6.07, 6.45) is 21.2. The van der Waals surface area contributed by atoms with Crippen molar-refractivity contribution in [1.82, 2.24) is 0 Å². The van der Waals surface area contributed by atoms with Gasteiger partial charge in [0, 0.05) is 41.0 Å². The van der Waals surface area contributed by atoms with Gasteiger partial charge in [0.05, 0.1) is 52.1 Å². The van der Waals surface area contributed by atoms with Crippen molar-refractivity contribution in [3.63, 3.8) is 0 Å². The minimum atomic E-state index is -3.01. The summed E-state index contributed by atoms with van der Waals surface area (Å²) in [4.78, 5) is 0. The Hall–Kier alpha value is -1.15. The highest BCUT2D eigenvalue weighted by Gasteiger charge is 2.69. The summed E-state index contributed by atoms with van der Waals surface area (Å²) in [6.45, 7) is -3.97. The zero-order valence-corrected chi connectivity index (χ0v) is 26.3. The lowest BCUT2D eigenvalue weighted by molar-refractivity contribution is 0.396. The van der Waals surface area contributed by atoms with Crippen molar-refractivity contribution in [3.05, 3.63) is 23.3 Å². The van der Waals surface area contributed by atoms with E-state index in [1.54, 1.807) is 14.2 Å². The van der Waals surface area contributed by atoms with Gasteiger partial charge < -0.3 is 22.8 Å². The number of hydrogen-bond acceptors (Lipinski definition) is 5. The molecule has 1 unspecified atom stereocenters. The highest BCUT2D eigenvalue weighted by molar-refractivity contribution is 8.11. The second-order valence-electron chi connectivity index (χ2n) is 6.36. The number of hydrogen-bond donors (Lipinski definition) is 0. The minimum absolute atomic E-state index is 0.582. The van der Waals surface area contributed by atoms with Gasteiger partial charge in [-0.15, -0.1) is 0 Å². The molecule has 0 saturated carbocycles. The quantitative estimate of drug-likeness (QED) is 0.267. The summed E-state index contributed by atoms with van der Waals surface area (Å²) in [5, 5.41) is 0. The molecule has 0 fully saturated rings. The maximum atomic E-state index is 5.78. The highest BCUT2D eigenvalue weighted by Crippen LogP contribution is 2.35. The molecule has 1 aromatic carbocycles. The molecule has 0 aromatic heterocycles. The van der Waals surface area contributed by atoms with Crippen LogP contribution in [0.1, 0.15) is 11.1 Å². The van der Waals surface area contributed by atoms with Crippen molar-refractivity contribution in [2.75, 3.05) is 14.2 Å². The van der Waals surface area contributed by atoms with Crippen LogP contribution >= 0.6 is 0 Å². The molecule has 0 N–H and O–H groups in total. The predicted molar refractivity (Wildman–Crippen MR) is 134 cm³/mol. The molecule has 16 radical (unpaired) electrons. The molecule has 0 aliphatic rings. The van der Waals surface area contributed by atoms with Gasteiger partial charge in [-0.1, -0.05) is 25.3 Å². The fourth-order valence-corrected chi connectivity index (χ4v) is 93.5. The summed E-state index contributed by atoms with van der Waals surface area (Å²) in [7, 11) is 20.3. The molecular formula is C17H18O5Si9. The van der Waals surface area contributed by atoms with E-state index in [9.17, 15) is 0 Å². The van der Waals surface area contributed by atoms with Crippen LogP contribution in [-0.2, 0) is 19.7 Å². The molecular weight excluding hydrogens is 537 g/mol. The first-order valence-corrected chi connectivity index (χ1v) is 26.6. The number of rotatable bonds is 11. The lowest BCUT2D eigenvalue weighted by Crippen LogP contribution is -2.88. The normalized spacial score (nSPS) is 13.2. The van der Waals surface area contributed by atoms with E-state index in [0.717, 1.165) is 22.6 Å². The van der Waals surface area contributed by atoms with Crippen molar-refractivity contribution in [2.24, 2.45) is 0 Å². The van der Waals surface area contributed by atoms with Crippen molar-refractivity contribution in [2.45, 2.75) is 19.4 Å². The second kappa shape index (κ2) is 11.6. The van der Waals surface area contributed by atoms with E-state index in [4.69, 9.17) is 42.0 Å². The highest BCUT2D eigenvalue weighted by atomic mass is 30.4. The first kappa shape index (κ1) is 27.9. The summed E-state index contributed by atoms with van der Waals surface area (Å²) in [6, 6.07) is 4.32. The smallest absolute Gasteiger partial charge is 0.512 e. The minimum Gasteiger partial charge on any atom is -0.514 e. The first-order chi connectivity index (χ1) is 14.5. The standard InChI is InChI=1S/C17H18O5Si9/c1-7-20-28(21-8-2)29(31(25,26)27,30(23,24)22-9-3)13-12-15-14(4)16(18-5)10-11-17(15)19-6/h1-3,10-11H,12-13H2,4-6H3. The van der Waals surface area contributed by atoms with Crippen molar-refractivity contribution < 1.29 is 22.8 Å². The maximum Gasteiger partial charge on any atom is 0.512 e. The largest absolute Gasteiger partial charge is 0.514 e. The molecule has 5 nitrogen and oxygen atoms in total. The Kier molecular flexibility index (Phi) is 10.5. The molecule has 0 aliphatic carbocycles. The molecule has 1 aromatic rings. The average Bonchev–Trinajstić information content (AvgIpc) is 2.68. The van der Waals surface area contributed by atoms with Gasteiger partial charge >= 0.3 is 8.80 Å². The van der Waals surface area contributed by atoms with Crippen molar-refractivity contribution in [1.29, 1.82) is 0 Å². The Labute approximate surface area is 205 Å². The Morgan fingerprint density at radius 2 is 1.42 bits per heavy atom. The van der Waals surface area contributed by atoms with Gasteiger partial charge in [0.2, 0.25) is 6.87 Å². The molecule has 0 heterocycles.